The molecule has 0 aromatic heterocycles. The first-order chi connectivity index (χ1) is 9.31. The number of nitrogens with zero attached hydrogens (tertiary/aromatic N) is 3. The zero-order chi connectivity index (χ0) is 15.0. The van der Waals surface area contributed by atoms with Crippen LogP contribution < -0.4 is 4.90 Å². The number of rotatable bonds is 3. The Bertz CT molecular complexity index is 579. The average molecular weight is 281 g/mol. The third-order valence-electron chi connectivity index (χ3n) is 2.98. The smallest absolute Gasteiger partial charge is 0.300 e. The molecule has 1 atom stereocenters. The van der Waals surface area contributed by atoms with E-state index in [1.54, 1.807) is 0 Å². The fourth-order valence-corrected chi connectivity index (χ4v) is 2.20. The maximum atomic E-state index is 11.7. The van der Waals surface area contributed by atoms with Gasteiger partial charge in [0.2, 0.25) is 11.6 Å². The summed E-state index contributed by atoms with van der Waals surface area (Å²) in [6.45, 7) is 1.30. The van der Waals surface area contributed by atoms with Crippen LogP contribution in [0.4, 0.5) is 17.1 Å². The van der Waals surface area contributed by atoms with Crippen molar-refractivity contribution >= 4 is 23.0 Å². The number of carbonyl (C=O) groups is 1. The maximum absolute atomic E-state index is 11.7. The molecule has 2 rings (SSSR count). The predicted octanol–water partition coefficient (Wildman–Crippen LogP) is 0.909. The van der Waals surface area contributed by atoms with Crippen LogP contribution in [0.5, 0.6) is 0 Å². The number of aliphatic hydroxyl groups excluding tert-OH is 1. The van der Waals surface area contributed by atoms with E-state index in [1.807, 2.05) is 0 Å². The van der Waals surface area contributed by atoms with Crippen LogP contribution in [0.3, 0.4) is 0 Å². The number of β-amino-alcohol motifs (C(OH)–C–C–N with tert-alkyl or cyclic N) is 1. The molecule has 1 saturated heterocycles. The van der Waals surface area contributed by atoms with Gasteiger partial charge in [-0.25, -0.2) is 0 Å². The van der Waals surface area contributed by atoms with Crippen molar-refractivity contribution in [2.75, 3.05) is 11.4 Å². The molecule has 1 fully saturated rings. The number of hydrogen-bond acceptors (Lipinski definition) is 6. The standard InChI is InChI=1S/C11H11N3O6/c1-6-2-8(13(17)18)11(9(3-6)14(19)20)12-5-7(15)4-10(12)16/h2-3,7,15H,4-5H2,1H3. The van der Waals surface area contributed by atoms with Crippen molar-refractivity contribution in [2.45, 2.75) is 19.4 Å². The van der Waals surface area contributed by atoms with Gasteiger partial charge in [-0.1, -0.05) is 0 Å². The van der Waals surface area contributed by atoms with E-state index >= 15 is 0 Å². The van der Waals surface area contributed by atoms with E-state index in [9.17, 15) is 30.1 Å². The predicted molar refractivity (Wildman–Crippen MR) is 67.5 cm³/mol. The largest absolute Gasteiger partial charge is 0.391 e. The molecule has 9 heteroatoms. The summed E-state index contributed by atoms with van der Waals surface area (Å²) >= 11 is 0. The van der Waals surface area contributed by atoms with E-state index in [0.717, 1.165) is 4.90 Å². The summed E-state index contributed by atoms with van der Waals surface area (Å²) < 4.78 is 0. The number of aryl methyl sites for hydroxylation is 1. The van der Waals surface area contributed by atoms with Crippen LogP contribution in [0.2, 0.25) is 0 Å². The van der Waals surface area contributed by atoms with Crippen LogP contribution in [0.15, 0.2) is 12.1 Å². The van der Waals surface area contributed by atoms with Crippen molar-refractivity contribution in [2.24, 2.45) is 0 Å². The van der Waals surface area contributed by atoms with E-state index < -0.39 is 33.2 Å². The van der Waals surface area contributed by atoms with Gasteiger partial charge in [0.05, 0.1) is 28.9 Å². The second-order valence-electron chi connectivity index (χ2n) is 4.53. The number of amides is 1. The molecule has 0 spiro atoms. The fourth-order valence-electron chi connectivity index (χ4n) is 2.20. The molecule has 1 unspecified atom stereocenters. The zero-order valence-electron chi connectivity index (χ0n) is 10.5. The van der Waals surface area contributed by atoms with Crippen molar-refractivity contribution in [3.63, 3.8) is 0 Å². The molecule has 1 aliphatic heterocycles. The van der Waals surface area contributed by atoms with Crippen LogP contribution in [0.25, 0.3) is 0 Å². The number of nitro benzene ring substituents is 2. The Labute approximate surface area is 112 Å². The molecule has 1 aromatic carbocycles. The van der Waals surface area contributed by atoms with Crippen molar-refractivity contribution in [1.29, 1.82) is 0 Å². The topological polar surface area (TPSA) is 127 Å². The van der Waals surface area contributed by atoms with Crippen LogP contribution >= 0.6 is 0 Å². The molecule has 1 N–H and O–H groups in total. The first kappa shape index (κ1) is 13.9. The van der Waals surface area contributed by atoms with Crippen LogP contribution in [-0.2, 0) is 4.79 Å². The first-order valence-electron chi connectivity index (χ1n) is 5.73. The minimum atomic E-state index is -0.983. The van der Waals surface area contributed by atoms with Crippen LogP contribution in [0, 0.1) is 27.2 Å². The number of aliphatic hydroxyl groups is 1. The van der Waals surface area contributed by atoms with Gasteiger partial charge in [0.1, 0.15) is 0 Å². The van der Waals surface area contributed by atoms with Gasteiger partial charge in [0, 0.05) is 12.1 Å². The number of carbonyl (C=O) groups excluding carboxylic acids is 1. The number of hydrogen-bond donors (Lipinski definition) is 1. The van der Waals surface area contributed by atoms with E-state index in [4.69, 9.17) is 0 Å². The summed E-state index contributed by atoms with van der Waals surface area (Å²) in [7, 11) is 0. The van der Waals surface area contributed by atoms with E-state index in [1.165, 1.54) is 19.1 Å². The minimum absolute atomic E-state index is 0.191. The third kappa shape index (κ3) is 2.30. The highest BCUT2D eigenvalue weighted by Crippen LogP contribution is 2.40. The molecule has 1 heterocycles. The molecule has 9 nitrogen and oxygen atoms in total. The molecule has 0 bridgehead atoms. The van der Waals surface area contributed by atoms with Gasteiger partial charge in [-0.2, -0.15) is 0 Å². The molecular weight excluding hydrogens is 270 g/mol. The Morgan fingerprint density at radius 1 is 1.25 bits per heavy atom. The molecule has 20 heavy (non-hydrogen) atoms. The molecule has 1 amide bonds. The lowest BCUT2D eigenvalue weighted by Crippen LogP contribution is -2.27. The van der Waals surface area contributed by atoms with E-state index in [2.05, 4.69) is 0 Å². The fraction of sp³-hybridized carbons (Fsp3) is 0.364. The lowest BCUT2D eigenvalue weighted by Gasteiger charge is -2.16. The molecular formula is C11H11N3O6. The Morgan fingerprint density at radius 2 is 1.75 bits per heavy atom. The lowest BCUT2D eigenvalue weighted by molar-refractivity contribution is -0.392. The van der Waals surface area contributed by atoms with E-state index in [0.29, 0.717) is 5.56 Å². The van der Waals surface area contributed by atoms with Gasteiger partial charge in [-0.3, -0.25) is 29.9 Å². The molecule has 0 saturated carbocycles. The molecule has 0 aliphatic carbocycles. The van der Waals surface area contributed by atoms with Gasteiger partial charge in [0.25, 0.3) is 11.4 Å². The molecule has 0 radical (unpaired) electrons. The van der Waals surface area contributed by atoms with Crippen molar-refractivity contribution < 1.29 is 19.7 Å². The number of nitro groups is 2. The van der Waals surface area contributed by atoms with Crippen LogP contribution in [0.1, 0.15) is 12.0 Å². The summed E-state index contributed by atoms with van der Waals surface area (Å²) in [6, 6.07) is 2.33. The quantitative estimate of drug-likeness (QED) is 0.648. The van der Waals surface area contributed by atoms with Crippen molar-refractivity contribution in [3.05, 3.63) is 37.9 Å². The minimum Gasteiger partial charge on any atom is -0.391 e. The Hall–Kier alpha value is -2.55. The highest BCUT2D eigenvalue weighted by Gasteiger charge is 2.38. The summed E-state index contributed by atoms with van der Waals surface area (Å²) in [5.41, 5.74) is -1.05. The SMILES string of the molecule is Cc1cc([N+](=O)[O-])c(N2CC(O)CC2=O)c([N+](=O)[O-])c1. The molecule has 1 aromatic rings. The number of anilines is 1. The zero-order valence-corrected chi connectivity index (χ0v) is 10.5. The van der Waals surface area contributed by atoms with Gasteiger partial charge in [0.15, 0.2) is 0 Å². The van der Waals surface area contributed by atoms with Crippen LogP contribution in [-0.4, -0.2) is 33.5 Å². The Balaban J connectivity index is 2.68. The van der Waals surface area contributed by atoms with Crippen molar-refractivity contribution in [1.82, 2.24) is 0 Å². The normalized spacial score (nSPS) is 18.4. The average Bonchev–Trinajstić information content (AvgIpc) is 2.66. The number of benzene rings is 1. The van der Waals surface area contributed by atoms with Gasteiger partial charge < -0.3 is 5.11 Å². The van der Waals surface area contributed by atoms with Crippen molar-refractivity contribution in [3.8, 4) is 0 Å². The summed E-state index contributed by atoms with van der Waals surface area (Å²) in [5.74, 6) is -0.576. The Morgan fingerprint density at radius 3 is 2.10 bits per heavy atom. The second-order valence-corrected chi connectivity index (χ2v) is 4.53. The summed E-state index contributed by atoms with van der Waals surface area (Å²) in [4.78, 5) is 33.3. The van der Waals surface area contributed by atoms with E-state index in [-0.39, 0.29) is 18.7 Å². The molecule has 1 aliphatic rings. The summed E-state index contributed by atoms with van der Waals surface area (Å²) in [6.07, 6.45) is -1.19. The molecule has 106 valence electrons. The summed E-state index contributed by atoms with van der Waals surface area (Å²) in [5, 5.41) is 31.6. The monoisotopic (exact) mass is 281 g/mol. The Kier molecular flexibility index (Phi) is 3.36. The third-order valence-corrected chi connectivity index (χ3v) is 2.98. The second kappa shape index (κ2) is 4.85. The lowest BCUT2D eigenvalue weighted by atomic mass is 10.1. The highest BCUT2D eigenvalue weighted by atomic mass is 16.6. The maximum Gasteiger partial charge on any atom is 0.300 e. The van der Waals surface area contributed by atoms with Gasteiger partial charge in [-0.05, 0) is 12.5 Å². The van der Waals surface area contributed by atoms with Gasteiger partial charge in [-0.15, -0.1) is 0 Å². The van der Waals surface area contributed by atoms with Gasteiger partial charge >= 0.3 is 0 Å². The highest BCUT2D eigenvalue weighted by molar-refractivity contribution is 6.00. The first-order valence-corrected chi connectivity index (χ1v) is 5.73.